The molecular weight excluding hydrogens is 529 g/mol. The molecule has 0 atom stereocenters. The molecule has 2 amide bonds. The lowest BCUT2D eigenvalue weighted by Gasteiger charge is -2.39. The van der Waals surface area contributed by atoms with E-state index in [1.54, 1.807) is 11.0 Å². The van der Waals surface area contributed by atoms with Crippen molar-refractivity contribution in [3.8, 4) is 5.88 Å². The number of halogens is 3. The van der Waals surface area contributed by atoms with Crippen LogP contribution in [0.1, 0.15) is 70.8 Å². The Morgan fingerprint density at radius 2 is 1.82 bits per heavy atom. The Bertz CT molecular complexity index is 1130. The molecule has 0 N–H and O–H groups in total. The summed E-state index contributed by atoms with van der Waals surface area (Å²) in [6.45, 7) is 12.7. The van der Waals surface area contributed by atoms with Crippen LogP contribution in [0.5, 0.6) is 5.88 Å². The number of hydrogen-bond donors (Lipinski definition) is 0. The first-order valence-corrected chi connectivity index (χ1v) is 16.5. The molecule has 1 aliphatic heterocycles. The Labute approximate surface area is 229 Å². The molecule has 1 saturated heterocycles. The van der Waals surface area contributed by atoms with Gasteiger partial charge in [-0.25, -0.2) is 9.78 Å². The van der Waals surface area contributed by atoms with Crippen molar-refractivity contribution >= 4 is 20.0 Å². The van der Waals surface area contributed by atoms with E-state index in [4.69, 9.17) is 13.7 Å². The van der Waals surface area contributed by atoms with E-state index in [2.05, 4.69) is 44.0 Å². The number of hydrogen-bond acceptors (Lipinski definition) is 6. The van der Waals surface area contributed by atoms with Crippen molar-refractivity contribution in [2.24, 2.45) is 0 Å². The standard InChI is InChI=1S/C27H39F3N4O4Si/c1-25(2,3)39(4,5)37-15-9-14-36-23-16-21(38-32-23)18-34-24(35)33(19-26(34)12-7-6-8-13-26)20-10-11-22(31-17-20)27(28,29)30/h10-11,16-17H,6-9,12-15,18-19H2,1-5H3. The van der Waals surface area contributed by atoms with Crippen LogP contribution in [-0.4, -0.2) is 54.7 Å². The van der Waals surface area contributed by atoms with E-state index in [1.807, 2.05) is 0 Å². The molecule has 8 nitrogen and oxygen atoms in total. The van der Waals surface area contributed by atoms with E-state index < -0.39 is 25.7 Å². The summed E-state index contributed by atoms with van der Waals surface area (Å²) in [7, 11) is -1.80. The van der Waals surface area contributed by atoms with Crippen molar-refractivity contribution in [3.05, 3.63) is 35.9 Å². The van der Waals surface area contributed by atoms with Gasteiger partial charge in [-0.2, -0.15) is 13.2 Å². The van der Waals surface area contributed by atoms with Crippen molar-refractivity contribution in [2.75, 3.05) is 24.7 Å². The lowest BCUT2D eigenvalue weighted by Crippen LogP contribution is -2.47. The van der Waals surface area contributed by atoms with E-state index in [-0.39, 0.29) is 17.6 Å². The highest BCUT2D eigenvalue weighted by atomic mass is 28.4. The van der Waals surface area contributed by atoms with Gasteiger partial charge in [-0.1, -0.05) is 40.0 Å². The second kappa shape index (κ2) is 11.1. The first kappa shape index (κ1) is 29.4. The van der Waals surface area contributed by atoms with Crippen molar-refractivity contribution in [1.29, 1.82) is 0 Å². The van der Waals surface area contributed by atoms with Gasteiger partial charge in [0.1, 0.15) is 5.69 Å². The molecule has 0 radical (unpaired) electrons. The first-order chi connectivity index (χ1) is 18.2. The average Bonchev–Trinajstić information content (AvgIpc) is 3.41. The highest BCUT2D eigenvalue weighted by Gasteiger charge is 2.50. The number of urea groups is 1. The topological polar surface area (TPSA) is 80.9 Å². The molecule has 216 valence electrons. The average molecular weight is 569 g/mol. The monoisotopic (exact) mass is 568 g/mol. The number of carbonyl (C=O) groups is 1. The molecule has 0 unspecified atom stereocenters. The van der Waals surface area contributed by atoms with E-state index in [0.717, 1.165) is 50.8 Å². The van der Waals surface area contributed by atoms with Gasteiger partial charge in [-0.3, -0.25) is 4.90 Å². The van der Waals surface area contributed by atoms with Gasteiger partial charge in [0.2, 0.25) is 0 Å². The normalized spacial score (nSPS) is 18.3. The molecule has 0 bridgehead atoms. The van der Waals surface area contributed by atoms with Crippen molar-refractivity contribution in [2.45, 2.75) is 95.7 Å². The second-order valence-electron chi connectivity index (χ2n) is 12.1. The molecule has 0 aromatic carbocycles. The van der Waals surface area contributed by atoms with Crippen LogP contribution in [0.15, 0.2) is 28.9 Å². The first-order valence-electron chi connectivity index (χ1n) is 13.6. The molecule has 3 heterocycles. The minimum atomic E-state index is -4.53. The van der Waals surface area contributed by atoms with Crippen LogP contribution in [0.25, 0.3) is 0 Å². The van der Waals surface area contributed by atoms with Gasteiger partial charge in [-0.15, -0.1) is 0 Å². The minimum Gasteiger partial charge on any atom is -0.475 e. The van der Waals surface area contributed by atoms with Crippen molar-refractivity contribution in [1.82, 2.24) is 15.0 Å². The van der Waals surface area contributed by atoms with Crippen LogP contribution >= 0.6 is 0 Å². The fourth-order valence-corrected chi connectivity index (χ4v) is 6.04. The van der Waals surface area contributed by atoms with Gasteiger partial charge in [0, 0.05) is 19.1 Å². The smallest absolute Gasteiger partial charge is 0.433 e. The van der Waals surface area contributed by atoms with Gasteiger partial charge >= 0.3 is 12.2 Å². The molecule has 2 aromatic heterocycles. The SMILES string of the molecule is CC(C)(C)[Si](C)(C)OCCCOc1cc(CN2C(=O)N(c3ccc(C(F)(F)F)nc3)CC23CCCCC3)on1. The van der Waals surface area contributed by atoms with E-state index in [9.17, 15) is 18.0 Å². The van der Waals surface area contributed by atoms with Gasteiger partial charge in [0.05, 0.1) is 37.1 Å². The third kappa shape index (κ3) is 6.59. The Morgan fingerprint density at radius 1 is 1.10 bits per heavy atom. The number of nitrogens with zero attached hydrogens (tertiary/aromatic N) is 4. The maximum absolute atomic E-state index is 13.6. The number of anilines is 1. The van der Waals surface area contributed by atoms with Crippen LogP contribution in [-0.2, 0) is 17.1 Å². The molecule has 1 aliphatic carbocycles. The molecular formula is C27H39F3N4O4Si. The summed E-state index contributed by atoms with van der Waals surface area (Å²) >= 11 is 0. The minimum absolute atomic E-state index is 0.149. The maximum Gasteiger partial charge on any atom is 0.433 e. The summed E-state index contributed by atoms with van der Waals surface area (Å²) in [5.41, 5.74) is -1.06. The Balaban J connectivity index is 1.39. The van der Waals surface area contributed by atoms with Gasteiger partial charge in [-0.05, 0) is 48.3 Å². The molecule has 2 aromatic rings. The predicted molar refractivity (Wildman–Crippen MR) is 143 cm³/mol. The summed E-state index contributed by atoms with van der Waals surface area (Å²) < 4.78 is 56.4. The number of alkyl halides is 3. The maximum atomic E-state index is 13.6. The fourth-order valence-electron chi connectivity index (χ4n) is 4.96. The third-order valence-electron chi connectivity index (χ3n) is 8.28. The zero-order chi connectivity index (χ0) is 28.5. The van der Waals surface area contributed by atoms with Crippen LogP contribution in [0.4, 0.5) is 23.7 Å². The molecule has 1 spiro atoms. The zero-order valence-electron chi connectivity index (χ0n) is 23.4. The quantitative estimate of drug-likeness (QED) is 0.239. The molecule has 1 saturated carbocycles. The summed E-state index contributed by atoms with van der Waals surface area (Å²) in [4.78, 5) is 20.4. The Morgan fingerprint density at radius 3 is 2.44 bits per heavy atom. The summed E-state index contributed by atoms with van der Waals surface area (Å²) in [6, 6.07) is 3.64. The molecule has 2 fully saturated rings. The van der Waals surface area contributed by atoms with E-state index in [0.29, 0.717) is 37.1 Å². The fraction of sp³-hybridized carbons (Fsp3) is 0.667. The number of rotatable bonds is 9. The number of carbonyl (C=O) groups excluding carboxylic acids is 1. The van der Waals surface area contributed by atoms with E-state index in [1.165, 1.54) is 11.0 Å². The number of aromatic nitrogens is 2. The van der Waals surface area contributed by atoms with Crippen LogP contribution < -0.4 is 9.64 Å². The van der Waals surface area contributed by atoms with Crippen LogP contribution in [0.3, 0.4) is 0 Å². The van der Waals surface area contributed by atoms with Crippen LogP contribution in [0.2, 0.25) is 18.1 Å². The number of ether oxygens (including phenoxy) is 1. The predicted octanol–water partition coefficient (Wildman–Crippen LogP) is 7.02. The Kier molecular flexibility index (Phi) is 8.37. The molecule has 4 rings (SSSR count). The zero-order valence-corrected chi connectivity index (χ0v) is 24.4. The third-order valence-corrected chi connectivity index (χ3v) is 12.8. The second-order valence-corrected chi connectivity index (χ2v) is 16.9. The Hall–Kier alpha value is -2.60. The summed E-state index contributed by atoms with van der Waals surface area (Å²) in [5, 5.41) is 4.16. The van der Waals surface area contributed by atoms with Gasteiger partial charge < -0.3 is 18.6 Å². The molecule has 39 heavy (non-hydrogen) atoms. The van der Waals surface area contributed by atoms with Gasteiger partial charge in [0.15, 0.2) is 14.1 Å². The van der Waals surface area contributed by atoms with Crippen LogP contribution in [0, 0.1) is 0 Å². The van der Waals surface area contributed by atoms with Gasteiger partial charge in [0.25, 0.3) is 5.88 Å². The molecule has 12 heteroatoms. The lowest BCUT2D eigenvalue weighted by atomic mass is 9.81. The lowest BCUT2D eigenvalue weighted by molar-refractivity contribution is -0.141. The largest absolute Gasteiger partial charge is 0.475 e. The highest BCUT2D eigenvalue weighted by Crippen LogP contribution is 2.42. The highest BCUT2D eigenvalue weighted by molar-refractivity contribution is 6.74. The molecule has 2 aliphatic rings. The summed E-state index contributed by atoms with van der Waals surface area (Å²) in [5.74, 6) is 0.846. The number of amides is 2. The van der Waals surface area contributed by atoms with E-state index >= 15 is 0 Å². The summed E-state index contributed by atoms with van der Waals surface area (Å²) in [6.07, 6.45) is 1.98. The van der Waals surface area contributed by atoms with Crippen molar-refractivity contribution in [3.63, 3.8) is 0 Å². The van der Waals surface area contributed by atoms with Crippen molar-refractivity contribution < 1.29 is 31.7 Å². The number of pyridine rings is 1.